The molecule has 0 radical (unpaired) electrons. The van der Waals surface area contributed by atoms with E-state index in [0.717, 1.165) is 12.8 Å². The van der Waals surface area contributed by atoms with E-state index in [1.807, 2.05) is 6.92 Å². The predicted octanol–water partition coefficient (Wildman–Crippen LogP) is 0.684. The van der Waals surface area contributed by atoms with E-state index in [4.69, 9.17) is 9.47 Å². The molecule has 3 N–H and O–H groups in total. The number of fused-ring (bicyclic) bond motifs is 4. The Hall–Kier alpha value is -2.30. The molecule has 4 atom stereocenters. The molecule has 2 bridgehead atoms. The van der Waals surface area contributed by atoms with Crippen molar-refractivity contribution in [3.63, 3.8) is 0 Å². The number of hydrogen-bond donors (Lipinski definition) is 3. The molecule has 4 heterocycles. The maximum Gasteiger partial charge on any atom is 0.280 e. The SMILES string of the molecule is CC[C@@]12O[C@@H](n3cnc4c(=O)[nH]c(NC(=O)C(C)C)nc43)[C@@H](OC13CC3)C2O. The lowest BCUT2D eigenvalue weighted by Crippen LogP contribution is -2.48. The minimum atomic E-state index is -0.760. The second-order valence-electron chi connectivity index (χ2n) is 8.16. The summed E-state index contributed by atoms with van der Waals surface area (Å²) in [6.07, 6.45) is 1.86. The van der Waals surface area contributed by atoms with Crippen molar-refractivity contribution in [2.24, 2.45) is 5.92 Å². The monoisotopic (exact) mass is 389 g/mol. The average Bonchev–Trinajstić information content (AvgIpc) is 3.12. The van der Waals surface area contributed by atoms with Crippen LogP contribution in [0.3, 0.4) is 0 Å². The van der Waals surface area contributed by atoms with Crippen LogP contribution in [0.15, 0.2) is 11.1 Å². The molecule has 2 aliphatic heterocycles. The second kappa shape index (κ2) is 5.62. The number of amides is 1. The molecule has 3 aliphatic rings. The van der Waals surface area contributed by atoms with Crippen LogP contribution in [-0.2, 0) is 14.3 Å². The number of H-pyrrole nitrogens is 1. The Kier molecular flexibility index (Phi) is 3.57. The molecule has 10 nitrogen and oxygen atoms in total. The van der Waals surface area contributed by atoms with Crippen molar-refractivity contribution in [3.05, 3.63) is 16.7 Å². The van der Waals surface area contributed by atoms with E-state index in [2.05, 4.69) is 20.3 Å². The van der Waals surface area contributed by atoms with Crippen molar-refractivity contribution in [2.75, 3.05) is 5.32 Å². The number of anilines is 1. The van der Waals surface area contributed by atoms with E-state index < -0.39 is 35.2 Å². The maximum absolute atomic E-state index is 12.4. The lowest BCUT2D eigenvalue weighted by atomic mass is 9.88. The molecule has 0 aromatic carbocycles. The number of carbonyl (C=O) groups is 1. The average molecular weight is 389 g/mol. The van der Waals surface area contributed by atoms with Crippen LogP contribution >= 0.6 is 0 Å². The van der Waals surface area contributed by atoms with Gasteiger partial charge in [-0.3, -0.25) is 24.5 Å². The molecule has 2 aromatic heterocycles. The Bertz CT molecular complexity index is 1030. The lowest BCUT2D eigenvalue weighted by Gasteiger charge is -2.37. The van der Waals surface area contributed by atoms with Crippen LogP contribution < -0.4 is 10.9 Å². The summed E-state index contributed by atoms with van der Waals surface area (Å²) in [5, 5.41) is 13.5. The van der Waals surface area contributed by atoms with Gasteiger partial charge in [0.2, 0.25) is 11.9 Å². The lowest BCUT2D eigenvalue weighted by molar-refractivity contribution is -0.224. The van der Waals surface area contributed by atoms with Crippen LogP contribution in [-0.4, -0.2) is 53.9 Å². The quantitative estimate of drug-likeness (QED) is 0.701. The molecule has 1 unspecified atom stereocenters. The van der Waals surface area contributed by atoms with Crippen LogP contribution in [0, 0.1) is 5.92 Å². The van der Waals surface area contributed by atoms with Gasteiger partial charge in [0.15, 0.2) is 17.4 Å². The topological polar surface area (TPSA) is 131 Å². The third kappa shape index (κ3) is 2.13. The predicted molar refractivity (Wildman–Crippen MR) is 97.6 cm³/mol. The van der Waals surface area contributed by atoms with E-state index in [9.17, 15) is 14.7 Å². The molecule has 150 valence electrons. The van der Waals surface area contributed by atoms with Crippen molar-refractivity contribution in [1.29, 1.82) is 0 Å². The summed E-state index contributed by atoms with van der Waals surface area (Å²) in [7, 11) is 0. The number of aromatic nitrogens is 4. The van der Waals surface area contributed by atoms with Crippen molar-refractivity contribution in [1.82, 2.24) is 19.5 Å². The third-order valence-corrected chi connectivity index (χ3v) is 6.24. The van der Waals surface area contributed by atoms with Gasteiger partial charge < -0.3 is 14.6 Å². The first-order valence-corrected chi connectivity index (χ1v) is 9.63. The van der Waals surface area contributed by atoms with Crippen LogP contribution in [0.4, 0.5) is 5.95 Å². The number of hydrogen-bond acceptors (Lipinski definition) is 7. The highest BCUT2D eigenvalue weighted by molar-refractivity contribution is 5.91. The highest BCUT2D eigenvalue weighted by Crippen LogP contribution is 2.65. The van der Waals surface area contributed by atoms with Gasteiger partial charge in [0.05, 0.1) is 6.33 Å². The number of rotatable bonds is 4. The minimum absolute atomic E-state index is 0.0476. The van der Waals surface area contributed by atoms with Gasteiger partial charge in [-0.05, 0) is 19.3 Å². The van der Waals surface area contributed by atoms with Crippen molar-refractivity contribution < 1.29 is 19.4 Å². The van der Waals surface area contributed by atoms with Crippen LogP contribution in [0.2, 0.25) is 0 Å². The smallest absolute Gasteiger partial charge is 0.280 e. The number of aliphatic hydroxyl groups excluding tert-OH is 1. The number of nitrogens with zero attached hydrogens (tertiary/aromatic N) is 3. The largest absolute Gasteiger partial charge is 0.387 e. The zero-order valence-corrected chi connectivity index (χ0v) is 15.9. The number of aliphatic hydroxyl groups is 1. The Labute approximate surface area is 160 Å². The molecule has 1 aliphatic carbocycles. The first-order valence-electron chi connectivity index (χ1n) is 9.63. The van der Waals surface area contributed by atoms with Gasteiger partial charge in [-0.15, -0.1) is 0 Å². The fourth-order valence-corrected chi connectivity index (χ4v) is 4.55. The van der Waals surface area contributed by atoms with Gasteiger partial charge in [0.1, 0.15) is 23.4 Å². The molecular formula is C18H23N5O5. The zero-order chi connectivity index (χ0) is 19.8. The zero-order valence-electron chi connectivity index (χ0n) is 15.9. The summed E-state index contributed by atoms with van der Waals surface area (Å²) in [6, 6.07) is 0. The second-order valence-corrected chi connectivity index (χ2v) is 8.16. The van der Waals surface area contributed by atoms with Gasteiger partial charge in [0, 0.05) is 5.92 Å². The number of ether oxygens (including phenoxy) is 2. The third-order valence-electron chi connectivity index (χ3n) is 6.24. The Morgan fingerprint density at radius 3 is 2.86 bits per heavy atom. The van der Waals surface area contributed by atoms with E-state index >= 15 is 0 Å². The molecule has 3 fully saturated rings. The van der Waals surface area contributed by atoms with Crippen molar-refractivity contribution >= 4 is 23.0 Å². The van der Waals surface area contributed by atoms with Crippen molar-refractivity contribution in [2.45, 2.75) is 69.7 Å². The van der Waals surface area contributed by atoms with Gasteiger partial charge >= 0.3 is 0 Å². The Morgan fingerprint density at radius 2 is 2.21 bits per heavy atom. The first kappa shape index (κ1) is 17.8. The molecular weight excluding hydrogens is 366 g/mol. The molecule has 2 aromatic rings. The van der Waals surface area contributed by atoms with Crippen molar-refractivity contribution in [3.8, 4) is 0 Å². The van der Waals surface area contributed by atoms with Gasteiger partial charge in [-0.1, -0.05) is 20.8 Å². The van der Waals surface area contributed by atoms with E-state index in [0.29, 0.717) is 6.42 Å². The first-order chi connectivity index (χ1) is 13.3. The Balaban J connectivity index is 1.55. The fraction of sp³-hybridized carbons (Fsp3) is 0.667. The van der Waals surface area contributed by atoms with Gasteiger partial charge in [0.25, 0.3) is 5.56 Å². The summed E-state index contributed by atoms with van der Waals surface area (Å²) < 4.78 is 14.2. The molecule has 2 saturated heterocycles. The molecule has 28 heavy (non-hydrogen) atoms. The van der Waals surface area contributed by atoms with E-state index in [-0.39, 0.29) is 28.9 Å². The molecule has 1 amide bonds. The number of aromatic amines is 1. The highest BCUT2D eigenvalue weighted by atomic mass is 16.7. The molecule has 10 heteroatoms. The van der Waals surface area contributed by atoms with Crippen LogP contribution in [0.25, 0.3) is 11.2 Å². The fourth-order valence-electron chi connectivity index (χ4n) is 4.55. The Morgan fingerprint density at radius 1 is 1.46 bits per heavy atom. The van der Waals surface area contributed by atoms with Crippen LogP contribution in [0.1, 0.15) is 46.3 Å². The standard InChI is InChI=1S/C18H23N5O5/c1-4-18-11(24)10(27-17(18)5-6-17)15(28-18)23-7-19-9-12(23)20-16(22-14(9)26)21-13(25)8(2)3/h7-8,10-11,15,24H,4-6H2,1-3H3,(H2,20,21,22,25,26)/t10-,11?,15+,18-/m0/s1. The number of nitrogens with one attached hydrogen (secondary N) is 2. The normalized spacial score (nSPS) is 32.5. The minimum Gasteiger partial charge on any atom is -0.387 e. The molecule has 5 rings (SSSR count). The summed E-state index contributed by atoms with van der Waals surface area (Å²) >= 11 is 0. The number of carbonyl (C=O) groups excluding carboxylic acids is 1. The molecule has 1 saturated carbocycles. The molecule has 1 spiro atoms. The summed E-state index contributed by atoms with van der Waals surface area (Å²) in [5.74, 6) is -0.474. The van der Waals surface area contributed by atoms with Gasteiger partial charge in [-0.25, -0.2) is 4.98 Å². The van der Waals surface area contributed by atoms with E-state index in [1.165, 1.54) is 6.33 Å². The number of imidazole rings is 1. The highest BCUT2D eigenvalue weighted by Gasteiger charge is 2.77. The summed E-state index contributed by atoms with van der Waals surface area (Å²) in [5.41, 5.74) is -1.21. The van der Waals surface area contributed by atoms with Gasteiger partial charge in [-0.2, -0.15) is 4.98 Å². The van der Waals surface area contributed by atoms with Crippen LogP contribution in [0.5, 0.6) is 0 Å². The summed E-state index contributed by atoms with van der Waals surface area (Å²) in [4.78, 5) is 35.4. The summed E-state index contributed by atoms with van der Waals surface area (Å²) in [6.45, 7) is 5.47. The maximum atomic E-state index is 12.4. The van der Waals surface area contributed by atoms with E-state index in [1.54, 1.807) is 18.4 Å².